The number of carbonyl (C=O) groups excluding carboxylic acids is 3. The summed E-state index contributed by atoms with van der Waals surface area (Å²) in [4.78, 5) is 44.6. The molecule has 4 heterocycles. The second-order valence-electron chi connectivity index (χ2n) is 10.6. The van der Waals surface area contributed by atoms with Crippen molar-refractivity contribution in [3.8, 4) is 0 Å². The van der Waals surface area contributed by atoms with Crippen LogP contribution < -0.4 is 10.6 Å². The van der Waals surface area contributed by atoms with Gasteiger partial charge in [-0.15, -0.1) is 11.8 Å². The van der Waals surface area contributed by atoms with Crippen molar-refractivity contribution < 1.29 is 24.2 Å². The van der Waals surface area contributed by atoms with Crippen molar-refractivity contribution in [2.24, 2.45) is 23.7 Å². The smallest absolute Gasteiger partial charge is 0.244 e. The average Bonchev–Trinajstić information content (AvgIpc) is 3.41. The molecule has 4 fully saturated rings. The largest absolute Gasteiger partial charge is 0.394 e. The van der Waals surface area contributed by atoms with Gasteiger partial charge in [0.25, 0.3) is 0 Å². The minimum absolute atomic E-state index is 0.0346. The molecule has 0 aromatic heterocycles. The molecule has 0 aromatic carbocycles. The summed E-state index contributed by atoms with van der Waals surface area (Å²) >= 11 is 1.67. The second kappa shape index (κ2) is 10.3. The van der Waals surface area contributed by atoms with Gasteiger partial charge in [0.05, 0.1) is 42.4 Å². The molecule has 192 valence electrons. The number of aliphatic hydroxyl groups excluding tert-OH is 1. The normalized spacial score (nSPS) is 36.1. The fourth-order valence-electron chi connectivity index (χ4n) is 6.70. The second-order valence-corrected chi connectivity index (χ2v) is 12.2. The quantitative estimate of drug-likeness (QED) is 0.410. The molecule has 0 radical (unpaired) electrons. The number of thioether (sulfide) groups is 1. The summed E-state index contributed by atoms with van der Waals surface area (Å²) in [5.74, 6) is -1.04. The van der Waals surface area contributed by atoms with Gasteiger partial charge in [-0.25, -0.2) is 0 Å². The van der Waals surface area contributed by atoms with Crippen LogP contribution in [0.5, 0.6) is 0 Å². The van der Waals surface area contributed by atoms with Crippen LogP contribution in [-0.2, 0) is 19.1 Å². The molecule has 0 aromatic rings. The molecule has 3 unspecified atom stereocenters. The number of likely N-dealkylation sites (tertiary alicyclic amines) is 1. The lowest BCUT2D eigenvalue weighted by atomic mass is 9.66. The minimum atomic E-state index is -0.690. The minimum Gasteiger partial charge on any atom is -0.394 e. The van der Waals surface area contributed by atoms with Gasteiger partial charge < -0.3 is 25.4 Å². The zero-order valence-electron chi connectivity index (χ0n) is 20.8. The van der Waals surface area contributed by atoms with E-state index < -0.39 is 28.7 Å². The number of hydrogen-bond acceptors (Lipinski definition) is 7. The summed E-state index contributed by atoms with van der Waals surface area (Å²) in [5, 5.41) is 16.2. The number of nitrogens with one attached hydrogen (secondary N) is 2. The molecule has 10 heteroatoms. The molecule has 3 N–H and O–H groups in total. The Labute approximate surface area is 206 Å². The third-order valence-corrected chi connectivity index (χ3v) is 10.2. The molecule has 1 spiro atoms. The van der Waals surface area contributed by atoms with Crippen molar-refractivity contribution >= 4 is 29.5 Å². The van der Waals surface area contributed by atoms with Crippen LogP contribution in [-0.4, -0.2) is 108 Å². The lowest BCUT2D eigenvalue weighted by Crippen LogP contribution is -2.59. The summed E-state index contributed by atoms with van der Waals surface area (Å²) in [6, 6.07) is -1.13. The van der Waals surface area contributed by atoms with Gasteiger partial charge in [-0.1, -0.05) is 20.8 Å². The lowest BCUT2D eigenvalue weighted by Gasteiger charge is -2.40. The van der Waals surface area contributed by atoms with Crippen LogP contribution in [0, 0.1) is 23.7 Å². The van der Waals surface area contributed by atoms with E-state index in [0.29, 0.717) is 26.2 Å². The lowest BCUT2D eigenvalue weighted by molar-refractivity contribution is -0.143. The first kappa shape index (κ1) is 25.7. The van der Waals surface area contributed by atoms with E-state index in [-0.39, 0.29) is 41.4 Å². The molecular weight excluding hydrogens is 456 g/mol. The Kier molecular flexibility index (Phi) is 7.81. The number of rotatable bonds is 9. The topological polar surface area (TPSA) is 111 Å². The van der Waals surface area contributed by atoms with Gasteiger partial charge in [-0.2, -0.15) is 0 Å². The summed E-state index contributed by atoms with van der Waals surface area (Å²) in [7, 11) is 1.61. The van der Waals surface area contributed by atoms with Crippen molar-refractivity contribution in [1.29, 1.82) is 0 Å². The van der Waals surface area contributed by atoms with Crippen LogP contribution in [0.2, 0.25) is 0 Å². The van der Waals surface area contributed by atoms with Crippen LogP contribution in [0.3, 0.4) is 0 Å². The highest BCUT2D eigenvalue weighted by molar-refractivity contribution is 8.02. The Morgan fingerprint density at radius 1 is 1.26 bits per heavy atom. The van der Waals surface area contributed by atoms with E-state index in [2.05, 4.69) is 36.3 Å². The van der Waals surface area contributed by atoms with Crippen LogP contribution in [0.25, 0.3) is 0 Å². The first-order valence-corrected chi connectivity index (χ1v) is 13.5. The summed E-state index contributed by atoms with van der Waals surface area (Å²) < 4.78 is 4.76. The average molecular weight is 497 g/mol. The molecule has 7 atom stereocenters. The molecule has 9 nitrogen and oxygen atoms in total. The van der Waals surface area contributed by atoms with E-state index in [0.717, 1.165) is 26.1 Å². The van der Waals surface area contributed by atoms with Gasteiger partial charge in [0.15, 0.2) is 0 Å². The van der Waals surface area contributed by atoms with Crippen molar-refractivity contribution in [3.05, 3.63) is 0 Å². The summed E-state index contributed by atoms with van der Waals surface area (Å²) in [6.07, 6.45) is 1.42. The molecule has 3 amide bonds. The van der Waals surface area contributed by atoms with Crippen molar-refractivity contribution in [2.45, 2.75) is 55.7 Å². The zero-order valence-corrected chi connectivity index (χ0v) is 21.6. The molecule has 0 saturated carbocycles. The van der Waals surface area contributed by atoms with Crippen LogP contribution in [0.4, 0.5) is 0 Å². The molecule has 0 aliphatic carbocycles. The monoisotopic (exact) mass is 496 g/mol. The van der Waals surface area contributed by atoms with E-state index in [9.17, 15) is 19.5 Å². The molecule has 34 heavy (non-hydrogen) atoms. The Hall–Kier alpha value is -1.36. The molecule has 2 bridgehead atoms. The van der Waals surface area contributed by atoms with Crippen molar-refractivity contribution in [1.82, 2.24) is 20.4 Å². The number of aliphatic hydroxyl groups is 1. The highest BCUT2D eigenvalue weighted by Gasteiger charge is 2.76. The first-order chi connectivity index (χ1) is 16.3. The zero-order chi connectivity index (χ0) is 24.6. The van der Waals surface area contributed by atoms with Gasteiger partial charge in [0.1, 0.15) is 6.04 Å². The van der Waals surface area contributed by atoms with E-state index >= 15 is 0 Å². The van der Waals surface area contributed by atoms with Gasteiger partial charge >= 0.3 is 0 Å². The van der Waals surface area contributed by atoms with E-state index in [1.807, 2.05) is 0 Å². The number of amides is 3. The maximum absolute atomic E-state index is 14.0. The fraction of sp³-hybridized carbons (Fsp3) is 0.875. The van der Waals surface area contributed by atoms with E-state index in [1.54, 1.807) is 23.7 Å². The van der Waals surface area contributed by atoms with Crippen LogP contribution >= 0.6 is 11.8 Å². The number of morpholine rings is 1. The number of ether oxygens (including phenoxy) is 1. The molecule has 4 rings (SSSR count). The first-order valence-electron chi connectivity index (χ1n) is 12.7. The van der Waals surface area contributed by atoms with Gasteiger partial charge in [0.2, 0.25) is 17.7 Å². The van der Waals surface area contributed by atoms with Crippen molar-refractivity contribution in [3.63, 3.8) is 0 Å². The maximum Gasteiger partial charge on any atom is 0.244 e. The fourth-order valence-corrected chi connectivity index (χ4v) is 9.11. The highest BCUT2D eigenvalue weighted by atomic mass is 32.2. The van der Waals surface area contributed by atoms with Gasteiger partial charge in [-0.05, 0) is 24.7 Å². The Balaban J connectivity index is 1.63. The number of carbonyl (C=O) groups is 3. The third kappa shape index (κ3) is 4.24. The Morgan fingerprint density at radius 3 is 2.59 bits per heavy atom. The molecular formula is C24H40N4O5S. The number of fused-ring (bicyclic) bond motifs is 1. The molecule has 4 aliphatic heterocycles. The van der Waals surface area contributed by atoms with Crippen molar-refractivity contribution in [2.75, 3.05) is 53.0 Å². The molecule has 4 saturated heterocycles. The summed E-state index contributed by atoms with van der Waals surface area (Å²) in [5.41, 5.74) is 0. The van der Waals surface area contributed by atoms with E-state index in [1.165, 1.54) is 0 Å². The number of hydrogen-bond donors (Lipinski definition) is 3. The predicted molar refractivity (Wildman–Crippen MR) is 130 cm³/mol. The highest BCUT2D eigenvalue weighted by Crippen LogP contribution is 2.68. The number of nitrogens with zero attached hydrogens (tertiary/aromatic N) is 2. The Morgan fingerprint density at radius 2 is 1.97 bits per heavy atom. The maximum atomic E-state index is 14.0. The summed E-state index contributed by atoms with van der Waals surface area (Å²) in [6.45, 7) is 10.3. The predicted octanol–water partition coefficient (Wildman–Crippen LogP) is -0.0750. The van der Waals surface area contributed by atoms with E-state index in [4.69, 9.17) is 4.74 Å². The standard InChI is InChI=1S/C24H40N4O5S/c1-14(2)11-16(13-29)28-20(22(31)26-5-6-27-7-9-33-10-8-27)24-15(3)12-17(34-24)18(21(30)25-4)19(24)23(28)32/h14-20,29H,5-13H2,1-4H3,(H,25,30)(H,26,31)/t15?,16-,17+,18-,19+,20?,24?/m1/s1. The van der Waals surface area contributed by atoms with Gasteiger partial charge in [0, 0.05) is 38.5 Å². The SMILES string of the molecule is CNC(=O)[C@@H]1[C@@H]2CC(C)C3(S2)C(C(=O)NCCN2CCOCC2)N([C@@H](CO)CC(C)C)C(=O)[C@H]13. The van der Waals surface area contributed by atoms with Gasteiger partial charge in [-0.3, -0.25) is 19.3 Å². The molecule has 4 aliphatic rings. The van der Waals surface area contributed by atoms with Crippen LogP contribution in [0.1, 0.15) is 33.6 Å². The van der Waals surface area contributed by atoms with Crippen LogP contribution in [0.15, 0.2) is 0 Å². The third-order valence-electron chi connectivity index (χ3n) is 8.16. The Bertz CT molecular complexity index is 791.